The van der Waals surface area contributed by atoms with Crippen LogP contribution in [0.5, 0.6) is 11.5 Å². The highest BCUT2D eigenvalue weighted by Crippen LogP contribution is 2.36. The molecule has 19 heavy (non-hydrogen) atoms. The molecule has 1 N–H and O–H groups in total. The Balaban J connectivity index is 2.10. The Bertz CT molecular complexity index is 442. The summed E-state index contributed by atoms with van der Waals surface area (Å²) in [5, 5.41) is 3.67. The first-order valence-electron chi connectivity index (χ1n) is 6.73. The maximum atomic E-state index is 5.37. The van der Waals surface area contributed by atoms with Crippen molar-refractivity contribution in [1.29, 1.82) is 0 Å². The van der Waals surface area contributed by atoms with Crippen LogP contribution in [-0.4, -0.2) is 19.8 Å². The molecule has 2 rings (SSSR count). The Labute approximate surface area is 123 Å². The Kier molecular flexibility index (Phi) is 4.74. The zero-order chi connectivity index (χ0) is 13.9. The Hall–Kier alpha value is -0.740. The molecule has 0 spiro atoms. The van der Waals surface area contributed by atoms with Gasteiger partial charge >= 0.3 is 0 Å². The highest BCUT2D eigenvalue weighted by molar-refractivity contribution is 9.10. The molecule has 0 amide bonds. The molecule has 0 aromatic heterocycles. The van der Waals surface area contributed by atoms with Gasteiger partial charge in [-0.15, -0.1) is 0 Å². The van der Waals surface area contributed by atoms with E-state index in [0.717, 1.165) is 22.5 Å². The quantitative estimate of drug-likeness (QED) is 0.889. The van der Waals surface area contributed by atoms with E-state index in [0.29, 0.717) is 5.54 Å². The average molecular weight is 328 g/mol. The molecule has 1 aromatic carbocycles. The second-order valence-corrected chi connectivity index (χ2v) is 6.29. The summed E-state index contributed by atoms with van der Waals surface area (Å²) < 4.78 is 11.6. The Morgan fingerprint density at radius 3 is 2.47 bits per heavy atom. The molecule has 0 atom stereocenters. The lowest BCUT2D eigenvalue weighted by molar-refractivity contribution is 0.349. The van der Waals surface area contributed by atoms with E-state index in [1.807, 2.05) is 6.07 Å². The van der Waals surface area contributed by atoms with Gasteiger partial charge in [-0.25, -0.2) is 0 Å². The van der Waals surface area contributed by atoms with E-state index in [4.69, 9.17) is 9.47 Å². The van der Waals surface area contributed by atoms with Crippen molar-refractivity contribution in [2.24, 2.45) is 0 Å². The Morgan fingerprint density at radius 2 is 1.89 bits per heavy atom. The molecular formula is C15H22BrNO2. The maximum Gasteiger partial charge on any atom is 0.174 e. The van der Waals surface area contributed by atoms with E-state index >= 15 is 0 Å². The number of hydrogen-bond donors (Lipinski definition) is 1. The van der Waals surface area contributed by atoms with Gasteiger partial charge in [0.15, 0.2) is 11.5 Å². The number of methoxy groups -OCH3 is 2. The van der Waals surface area contributed by atoms with Crippen LogP contribution in [0.3, 0.4) is 0 Å². The van der Waals surface area contributed by atoms with Gasteiger partial charge in [0.25, 0.3) is 0 Å². The molecule has 0 aliphatic heterocycles. The molecular weight excluding hydrogens is 306 g/mol. The third-order valence-corrected chi connectivity index (χ3v) is 4.51. The van der Waals surface area contributed by atoms with Crippen LogP contribution < -0.4 is 14.8 Å². The zero-order valence-corrected chi connectivity index (χ0v) is 13.5. The summed E-state index contributed by atoms with van der Waals surface area (Å²) in [6, 6.07) is 4.13. The zero-order valence-electron chi connectivity index (χ0n) is 11.9. The lowest BCUT2D eigenvalue weighted by atomic mass is 10.0. The van der Waals surface area contributed by atoms with Crippen LogP contribution in [0.2, 0.25) is 0 Å². The molecule has 4 heteroatoms. The molecule has 0 unspecified atom stereocenters. The van der Waals surface area contributed by atoms with E-state index in [2.05, 4.69) is 34.2 Å². The number of halogens is 1. The molecule has 106 valence electrons. The molecule has 1 aromatic rings. The minimum atomic E-state index is 0.291. The number of ether oxygens (including phenoxy) is 2. The molecule has 1 aliphatic rings. The summed E-state index contributed by atoms with van der Waals surface area (Å²) in [6.45, 7) is 3.17. The van der Waals surface area contributed by atoms with E-state index in [9.17, 15) is 0 Å². The van der Waals surface area contributed by atoms with Crippen molar-refractivity contribution in [3.8, 4) is 11.5 Å². The van der Waals surface area contributed by atoms with Gasteiger partial charge in [0.05, 0.1) is 18.7 Å². The van der Waals surface area contributed by atoms with E-state index < -0.39 is 0 Å². The summed E-state index contributed by atoms with van der Waals surface area (Å²) in [4.78, 5) is 0. The fraction of sp³-hybridized carbons (Fsp3) is 0.600. The molecule has 1 fully saturated rings. The van der Waals surface area contributed by atoms with Crippen molar-refractivity contribution < 1.29 is 9.47 Å². The molecule has 3 nitrogen and oxygen atoms in total. The lowest BCUT2D eigenvalue weighted by Crippen LogP contribution is -2.38. The van der Waals surface area contributed by atoms with Crippen LogP contribution in [-0.2, 0) is 6.54 Å². The first-order chi connectivity index (χ1) is 9.08. The van der Waals surface area contributed by atoms with Crippen LogP contribution in [0, 0.1) is 0 Å². The van der Waals surface area contributed by atoms with Crippen molar-refractivity contribution in [2.45, 2.75) is 44.7 Å². The first kappa shape index (κ1) is 14.7. The number of nitrogens with one attached hydrogen (secondary N) is 1. The molecule has 1 saturated carbocycles. The monoisotopic (exact) mass is 327 g/mol. The highest BCUT2D eigenvalue weighted by Gasteiger charge is 2.27. The largest absolute Gasteiger partial charge is 0.493 e. The molecule has 0 bridgehead atoms. The topological polar surface area (TPSA) is 30.5 Å². The summed E-state index contributed by atoms with van der Waals surface area (Å²) in [6.07, 6.45) is 5.20. The van der Waals surface area contributed by atoms with E-state index in [1.165, 1.54) is 31.2 Å². The van der Waals surface area contributed by atoms with Crippen molar-refractivity contribution in [1.82, 2.24) is 5.32 Å². The van der Waals surface area contributed by atoms with Crippen LogP contribution in [0.4, 0.5) is 0 Å². The fourth-order valence-electron chi connectivity index (χ4n) is 2.72. The molecule has 0 saturated heterocycles. The predicted molar refractivity (Wildman–Crippen MR) is 81.0 cm³/mol. The SMILES string of the molecule is COc1cc(CNC2(C)CCCC2)cc(Br)c1OC. The summed E-state index contributed by atoms with van der Waals surface area (Å²) in [5.41, 5.74) is 1.50. The third-order valence-electron chi connectivity index (χ3n) is 3.92. The van der Waals surface area contributed by atoms with Crippen LogP contribution in [0.1, 0.15) is 38.2 Å². The van der Waals surface area contributed by atoms with Gasteiger partial charge in [-0.1, -0.05) is 12.8 Å². The van der Waals surface area contributed by atoms with Crippen molar-refractivity contribution in [2.75, 3.05) is 14.2 Å². The minimum Gasteiger partial charge on any atom is -0.493 e. The van der Waals surface area contributed by atoms with Crippen molar-refractivity contribution >= 4 is 15.9 Å². The normalized spacial score (nSPS) is 17.5. The second-order valence-electron chi connectivity index (χ2n) is 5.43. The Morgan fingerprint density at radius 1 is 1.21 bits per heavy atom. The molecule has 0 radical (unpaired) electrons. The van der Waals surface area contributed by atoms with Gasteiger partial charge in [-0.2, -0.15) is 0 Å². The number of benzene rings is 1. The molecule has 0 heterocycles. The standard InChI is InChI=1S/C15H22BrNO2/c1-15(6-4-5-7-15)17-10-11-8-12(16)14(19-3)13(9-11)18-2/h8-9,17H,4-7,10H2,1-3H3. The van der Waals surface area contributed by atoms with Crippen molar-refractivity contribution in [3.05, 3.63) is 22.2 Å². The van der Waals surface area contributed by atoms with E-state index in [-0.39, 0.29) is 0 Å². The lowest BCUT2D eigenvalue weighted by Gasteiger charge is -2.25. The summed E-state index contributed by atoms with van der Waals surface area (Å²) in [5.74, 6) is 1.52. The smallest absolute Gasteiger partial charge is 0.174 e. The fourth-order valence-corrected chi connectivity index (χ4v) is 3.37. The van der Waals surface area contributed by atoms with Gasteiger partial charge in [0, 0.05) is 12.1 Å². The molecule has 1 aliphatic carbocycles. The van der Waals surface area contributed by atoms with Gasteiger partial charge in [0.1, 0.15) is 0 Å². The summed E-state index contributed by atoms with van der Waals surface area (Å²) >= 11 is 3.53. The minimum absolute atomic E-state index is 0.291. The van der Waals surface area contributed by atoms with Gasteiger partial charge in [-0.3, -0.25) is 0 Å². The van der Waals surface area contributed by atoms with Gasteiger partial charge in [0.2, 0.25) is 0 Å². The van der Waals surface area contributed by atoms with E-state index in [1.54, 1.807) is 14.2 Å². The van der Waals surface area contributed by atoms with Crippen molar-refractivity contribution in [3.63, 3.8) is 0 Å². The maximum absolute atomic E-state index is 5.37. The highest BCUT2D eigenvalue weighted by atomic mass is 79.9. The summed E-state index contributed by atoms with van der Waals surface area (Å²) in [7, 11) is 3.32. The third kappa shape index (κ3) is 3.42. The van der Waals surface area contributed by atoms with Crippen LogP contribution in [0.25, 0.3) is 0 Å². The predicted octanol–water partition coefficient (Wildman–Crippen LogP) is 3.89. The number of hydrogen-bond acceptors (Lipinski definition) is 3. The van der Waals surface area contributed by atoms with Crippen LogP contribution >= 0.6 is 15.9 Å². The first-order valence-corrected chi connectivity index (χ1v) is 7.53. The second kappa shape index (κ2) is 6.14. The van der Waals surface area contributed by atoms with Gasteiger partial charge < -0.3 is 14.8 Å². The number of rotatable bonds is 5. The van der Waals surface area contributed by atoms with Crippen LogP contribution in [0.15, 0.2) is 16.6 Å². The average Bonchev–Trinajstić information content (AvgIpc) is 2.83. The van der Waals surface area contributed by atoms with Gasteiger partial charge in [-0.05, 0) is 53.4 Å².